The molecule has 0 N–H and O–H groups in total. The van der Waals surface area contributed by atoms with E-state index in [2.05, 4.69) is 0 Å². The molecule has 1 aromatic rings. The van der Waals surface area contributed by atoms with Gasteiger partial charge in [-0.3, -0.25) is 19.3 Å². The van der Waals surface area contributed by atoms with Crippen molar-refractivity contribution in [1.82, 2.24) is 9.80 Å². The summed E-state index contributed by atoms with van der Waals surface area (Å²) >= 11 is 1.31. The number of ether oxygens (including phenoxy) is 1. The fourth-order valence-corrected chi connectivity index (χ4v) is 3.16. The molecule has 7 nitrogen and oxygen atoms in total. The van der Waals surface area contributed by atoms with Gasteiger partial charge in [0.05, 0.1) is 11.1 Å². The van der Waals surface area contributed by atoms with Crippen LogP contribution in [0.1, 0.15) is 27.6 Å². The van der Waals surface area contributed by atoms with Crippen LogP contribution >= 0.6 is 11.8 Å². The normalized spacial score (nSPS) is 15.6. The van der Waals surface area contributed by atoms with E-state index in [1.165, 1.54) is 23.6 Å². The van der Waals surface area contributed by atoms with Crippen molar-refractivity contribution in [3.63, 3.8) is 0 Å². The van der Waals surface area contributed by atoms with Crippen molar-refractivity contribution in [1.29, 1.82) is 0 Å². The highest BCUT2D eigenvalue weighted by molar-refractivity contribution is 7.98. The molecule has 1 aromatic carbocycles. The number of imide groups is 1. The largest absolute Gasteiger partial charge is 0.451 e. The minimum atomic E-state index is -1.08. The molecule has 0 saturated carbocycles. The van der Waals surface area contributed by atoms with Crippen LogP contribution in [0.4, 0.5) is 0 Å². The molecule has 3 amide bonds. The molecule has 0 spiro atoms. The fourth-order valence-electron chi connectivity index (χ4n) is 2.56. The second kappa shape index (κ2) is 7.69. The van der Waals surface area contributed by atoms with Crippen LogP contribution in [0.5, 0.6) is 0 Å². The zero-order valence-corrected chi connectivity index (χ0v) is 15.3. The van der Waals surface area contributed by atoms with Crippen LogP contribution in [0, 0.1) is 0 Å². The Labute approximate surface area is 150 Å². The Balaban J connectivity index is 2.24. The summed E-state index contributed by atoms with van der Waals surface area (Å²) in [5.41, 5.74) is 0.535. The van der Waals surface area contributed by atoms with Crippen molar-refractivity contribution in [2.75, 3.05) is 26.1 Å². The predicted molar refractivity (Wildman–Crippen MR) is 93.4 cm³/mol. The van der Waals surface area contributed by atoms with Crippen molar-refractivity contribution in [3.05, 3.63) is 35.4 Å². The summed E-state index contributed by atoms with van der Waals surface area (Å²) < 4.78 is 5.21. The number of amides is 3. The van der Waals surface area contributed by atoms with E-state index in [4.69, 9.17) is 4.74 Å². The lowest BCUT2D eigenvalue weighted by atomic mass is 10.1. The van der Waals surface area contributed by atoms with Crippen molar-refractivity contribution < 1.29 is 23.9 Å². The van der Waals surface area contributed by atoms with Crippen LogP contribution < -0.4 is 0 Å². The molecule has 0 bridgehead atoms. The first-order chi connectivity index (χ1) is 11.8. The average molecular weight is 364 g/mol. The second-order valence-corrected chi connectivity index (χ2v) is 6.72. The summed E-state index contributed by atoms with van der Waals surface area (Å²) in [6.07, 6.45) is 0.759. The summed E-state index contributed by atoms with van der Waals surface area (Å²) in [6, 6.07) is 5.34. The number of rotatable bonds is 6. The molecule has 0 radical (unpaired) electrons. The summed E-state index contributed by atoms with van der Waals surface area (Å²) in [7, 11) is 3.10. The Morgan fingerprint density at radius 2 is 1.68 bits per heavy atom. The highest BCUT2D eigenvalue weighted by Crippen LogP contribution is 2.26. The molecule has 0 aromatic heterocycles. The van der Waals surface area contributed by atoms with Gasteiger partial charge in [-0.25, -0.2) is 4.79 Å². The maximum atomic E-state index is 12.6. The Hall–Kier alpha value is -2.35. The lowest BCUT2D eigenvalue weighted by Gasteiger charge is -2.26. The molecular weight excluding hydrogens is 344 g/mol. The van der Waals surface area contributed by atoms with E-state index in [1.807, 2.05) is 0 Å². The third kappa shape index (κ3) is 3.68. The van der Waals surface area contributed by atoms with Gasteiger partial charge < -0.3 is 9.64 Å². The number of benzene rings is 1. The predicted octanol–water partition coefficient (Wildman–Crippen LogP) is 1.03. The van der Waals surface area contributed by atoms with Gasteiger partial charge in [0.2, 0.25) is 0 Å². The molecule has 2 rings (SSSR count). The highest BCUT2D eigenvalue weighted by Gasteiger charge is 2.43. The first-order valence-electron chi connectivity index (χ1n) is 7.67. The lowest BCUT2D eigenvalue weighted by Crippen LogP contribution is -2.49. The molecule has 0 fully saturated rings. The van der Waals surface area contributed by atoms with Crippen LogP contribution in [0.15, 0.2) is 24.3 Å². The van der Waals surface area contributed by atoms with E-state index in [0.29, 0.717) is 0 Å². The van der Waals surface area contributed by atoms with E-state index >= 15 is 0 Å². The van der Waals surface area contributed by atoms with Crippen molar-refractivity contribution in [3.8, 4) is 0 Å². The first-order valence-corrected chi connectivity index (χ1v) is 9.06. The second-order valence-electron chi connectivity index (χ2n) is 5.81. The third-order valence-electron chi connectivity index (χ3n) is 3.82. The van der Waals surface area contributed by atoms with Crippen LogP contribution in [-0.4, -0.2) is 71.7 Å². The van der Waals surface area contributed by atoms with Gasteiger partial charge in [-0.05, 0) is 25.3 Å². The lowest BCUT2D eigenvalue weighted by molar-refractivity contribution is -0.160. The van der Waals surface area contributed by atoms with Gasteiger partial charge in [0.25, 0.3) is 17.7 Å². The van der Waals surface area contributed by atoms with Gasteiger partial charge in [0.15, 0.2) is 6.10 Å². The van der Waals surface area contributed by atoms with Gasteiger partial charge in [-0.15, -0.1) is 0 Å². The summed E-state index contributed by atoms with van der Waals surface area (Å²) in [5.74, 6) is -2.01. The Kier molecular flexibility index (Phi) is 5.84. The first kappa shape index (κ1) is 19.0. The van der Waals surface area contributed by atoms with Gasteiger partial charge >= 0.3 is 5.97 Å². The number of fused-ring (bicyclic) bond motifs is 1. The summed E-state index contributed by atoms with van der Waals surface area (Å²) in [4.78, 5) is 51.8. The number of hydrogen-bond donors (Lipinski definition) is 0. The molecule has 25 heavy (non-hydrogen) atoms. The standard InChI is InChI=1S/C17H20N2O5S/c1-10(14(20)18(2)3)24-17(23)13(9-25-4)19-15(21)11-7-5-6-8-12(11)16(19)22/h5-8,10,13H,9H2,1-4H3/t10-,13-/m1/s1. The van der Waals surface area contributed by atoms with Crippen LogP contribution in [0.3, 0.4) is 0 Å². The van der Waals surface area contributed by atoms with Crippen LogP contribution in [0.25, 0.3) is 0 Å². The van der Waals surface area contributed by atoms with Crippen molar-refractivity contribution >= 4 is 35.5 Å². The molecule has 1 aliphatic rings. The number of carbonyl (C=O) groups is 4. The molecule has 2 atom stereocenters. The van der Waals surface area contributed by atoms with Gasteiger partial charge in [-0.1, -0.05) is 12.1 Å². The Bertz CT molecular complexity index is 684. The van der Waals surface area contributed by atoms with E-state index in [0.717, 1.165) is 4.90 Å². The van der Waals surface area contributed by atoms with Crippen LogP contribution in [-0.2, 0) is 14.3 Å². The maximum Gasteiger partial charge on any atom is 0.331 e. The monoisotopic (exact) mass is 364 g/mol. The zero-order chi connectivity index (χ0) is 18.7. The molecule has 0 aliphatic carbocycles. The van der Waals surface area contributed by atoms with Gasteiger partial charge in [-0.2, -0.15) is 11.8 Å². The van der Waals surface area contributed by atoms with Crippen molar-refractivity contribution in [2.24, 2.45) is 0 Å². The van der Waals surface area contributed by atoms with E-state index in [-0.39, 0.29) is 22.8 Å². The smallest absolute Gasteiger partial charge is 0.331 e. The van der Waals surface area contributed by atoms with E-state index in [1.54, 1.807) is 44.6 Å². The SMILES string of the molecule is CSC[C@H](C(=O)O[C@H](C)C(=O)N(C)C)N1C(=O)c2ccccc2C1=O. The van der Waals surface area contributed by atoms with Crippen LogP contribution in [0.2, 0.25) is 0 Å². The maximum absolute atomic E-state index is 12.6. The van der Waals surface area contributed by atoms with Gasteiger partial charge in [0.1, 0.15) is 6.04 Å². The number of esters is 1. The Morgan fingerprint density at radius 1 is 1.16 bits per heavy atom. The summed E-state index contributed by atoms with van der Waals surface area (Å²) in [6.45, 7) is 1.46. The highest BCUT2D eigenvalue weighted by atomic mass is 32.2. The fraction of sp³-hybridized carbons (Fsp3) is 0.412. The molecule has 0 unspecified atom stereocenters. The summed E-state index contributed by atoms with van der Waals surface area (Å²) in [5, 5.41) is 0. The number of thioether (sulfide) groups is 1. The number of carbonyl (C=O) groups excluding carboxylic acids is 4. The molecule has 1 heterocycles. The van der Waals surface area contributed by atoms with E-state index < -0.39 is 29.9 Å². The van der Waals surface area contributed by atoms with Gasteiger partial charge in [0, 0.05) is 19.8 Å². The Morgan fingerprint density at radius 3 is 2.12 bits per heavy atom. The zero-order valence-electron chi connectivity index (χ0n) is 14.5. The molecule has 8 heteroatoms. The molecule has 134 valence electrons. The third-order valence-corrected chi connectivity index (χ3v) is 4.46. The average Bonchev–Trinajstić information content (AvgIpc) is 2.83. The minimum Gasteiger partial charge on any atom is -0.451 e. The van der Waals surface area contributed by atoms with E-state index in [9.17, 15) is 19.2 Å². The number of nitrogens with zero attached hydrogens (tertiary/aromatic N) is 2. The van der Waals surface area contributed by atoms with Crippen molar-refractivity contribution in [2.45, 2.75) is 19.1 Å². The number of likely N-dealkylation sites (N-methyl/N-ethyl adjacent to an activating group) is 1. The molecule has 0 saturated heterocycles. The minimum absolute atomic E-state index is 0.188. The number of hydrogen-bond acceptors (Lipinski definition) is 6. The quantitative estimate of drug-likeness (QED) is 0.554. The topological polar surface area (TPSA) is 84.0 Å². The molecular formula is C17H20N2O5S. The molecule has 1 aliphatic heterocycles.